The Bertz CT molecular complexity index is 831. The zero-order valence-corrected chi connectivity index (χ0v) is 16.1. The number of rotatable bonds is 10. The lowest BCUT2D eigenvalue weighted by molar-refractivity contribution is -0.123. The number of ether oxygens (including phenoxy) is 3. The summed E-state index contributed by atoms with van der Waals surface area (Å²) in [5.41, 5.74) is 1.39. The lowest BCUT2D eigenvalue weighted by Crippen LogP contribution is -2.28. The van der Waals surface area contributed by atoms with Crippen molar-refractivity contribution in [3.8, 4) is 17.4 Å². The molecule has 7 nitrogen and oxygen atoms in total. The van der Waals surface area contributed by atoms with Crippen molar-refractivity contribution in [2.75, 3.05) is 20.3 Å². The number of benzene rings is 1. The van der Waals surface area contributed by atoms with Crippen LogP contribution in [0.1, 0.15) is 35.7 Å². The average Bonchev–Trinajstić information content (AvgIpc) is 3.54. The summed E-state index contributed by atoms with van der Waals surface area (Å²) in [5, 5.41) is 2.78. The van der Waals surface area contributed by atoms with E-state index in [0.29, 0.717) is 35.4 Å². The van der Waals surface area contributed by atoms with Gasteiger partial charge in [0.15, 0.2) is 23.9 Å². The molecule has 0 unspecified atom stereocenters. The molecule has 1 amide bonds. The number of ketones is 1. The quantitative estimate of drug-likeness (QED) is 0.634. The molecule has 0 saturated heterocycles. The fourth-order valence-electron chi connectivity index (χ4n) is 2.49. The van der Waals surface area contributed by atoms with E-state index >= 15 is 0 Å². The summed E-state index contributed by atoms with van der Waals surface area (Å²) >= 11 is 0. The molecular weight excluding hydrogens is 360 g/mol. The van der Waals surface area contributed by atoms with Crippen LogP contribution in [0.3, 0.4) is 0 Å². The van der Waals surface area contributed by atoms with E-state index in [1.807, 2.05) is 12.1 Å². The van der Waals surface area contributed by atoms with E-state index in [1.54, 1.807) is 24.4 Å². The number of hydrogen-bond acceptors (Lipinski definition) is 6. The number of nitrogens with zero attached hydrogens (tertiary/aromatic N) is 1. The maximum absolute atomic E-state index is 12.0. The maximum atomic E-state index is 12.0. The molecule has 1 aromatic heterocycles. The third-order valence-corrected chi connectivity index (χ3v) is 4.38. The second-order valence-electron chi connectivity index (χ2n) is 6.75. The van der Waals surface area contributed by atoms with Gasteiger partial charge in [-0.3, -0.25) is 9.59 Å². The number of aromatic nitrogens is 1. The van der Waals surface area contributed by atoms with Crippen LogP contribution in [0.4, 0.5) is 0 Å². The highest BCUT2D eigenvalue weighted by Crippen LogP contribution is 2.29. The van der Waals surface area contributed by atoms with Crippen LogP contribution in [-0.4, -0.2) is 37.0 Å². The molecular formula is C21H24N2O5. The van der Waals surface area contributed by atoms with Gasteiger partial charge in [-0.1, -0.05) is 6.07 Å². The lowest BCUT2D eigenvalue weighted by Gasteiger charge is -2.12. The van der Waals surface area contributed by atoms with E-state index in [4.69, 9.17) is 14.2 Å². The van der Waals surface area contributed by atoms with Crippen molar-refractivity contribution in [2.45, 2.75) is 26.3 Å². The first kappa shape index (κ1) is 19.7. The maximum Gasteiger partial charge on any atom is 0.258 e. The molecule has 0 atom stereocenters. The molecule has 1 fully saturated rings. The molecule has 1 heterocycles. The van der Waals surface area contributed by atoms with Gasteiger partial charge in [-0.2, -0.15) is 0 Å². The van der Waals surface area contributed by atoms with Gasteiger partial charge in [0.1, 0.15) is 0 Å². The van der Waals surface area contributed by atoms with E-state index in [0.717, 1.165) is 12.2 Å². The van der Waals surface area contributed by atoms with Crippen LogP contribution in [0.25, 0.3) is 0 Å². The van der Waals surface area contributed by atoms with Crippen LogP contribution >= 0.6 is 0 Å². The van der Waals surface area contributed by atoms with Crippen LogP contribution in [0.15, 0.2) is 36.5 Å². The number of nitrogens with one attached hydrogen (secondary N) is 1. The summed E-state index contributed by atoms with van der Waals surface area (Å²) in [6.07, 6.45) is 4.16. The number of hydrogen-bond donors (Lipinski definition) is 1. The molecule has 28 heavy (non-hydrogen) atoms. The molecule has 1 N–H and O–H groups in total. The minimum Gasteiger partial charge on any atom is -0.493 e. The van der Waals surface area contributed by atoms with Crippen molar-refractivity contribution in [2.24, 2.45) is 5.92 Å². The predicted octanol–water partition coefficient (Wildman–Crippen LogP) is 2.78. The molecule has 0 spiro atoms. The topological polar surface area (TPSA) is 86.8 Å². The Balaban J connectivity index is 1.44. The van der Waals surface area contributed by atoms with Gasteiger partial charge in [-0.15, -0.1) is 0 Å². The van der Waals surface area contributed by atoms with Crippen molar-refractivity contribution in [1.29, 1.82) is 0 Å². The lowest BCUT2D eigenvalue weighted by atomic mass is 10.1. The van der Waals surface area contributed by atoms with E-state index in [-0.39, 0.29) is 18.3 Å². The first-order chi connectivity index (χ1) is 13.5. The summed E-state index contributed by atoms with van der Waals surface area (Å²) < 4.78 is 16.3. The molecule has 1 aliphatic rings. The summed E-state index contributed by atoms with van der Waals surface area (Å²) in [7, 11) is 1.48. The summed E-state index contributed by atoms with van der Waals surface area (Å²) in [5.74, 6) is 1.75. The first-order valence-electron chi connectivity index (χ1n) is 9.21. The third-order valence-electron chi connectivity index (χ3n) is 4.38. The Hall–Kier alpha value is -3.09. The van der Waals surface area contributed by atoms with Crippen LogP contribution in [-0.2, 0) is 11.3 Å². The summed E-state index contributed by atoms with van der Waals surface area (Å²) in [6.45, 7) is 2.38. The Labute approximate surface area is 164 Å². The number of carbonyl (C=O) groups excluding carboxylic acids is 2. The van der Waals surface area contributed by atoms with Gasteiger partial charge in [0, 0.05) is 24.4 Å². The van der Waals surface area contributed by atoms with Gasteiger partial charge in [-0.25, -0.2) is 4.98 Å². The predicted molar refractivity (Wildman–Crippen MR) is 103 cm³/mol. The third kappa shape index (κ3) is 5.70. The summed E-state index contributed by atoms with van der Waals surface area (Å²) in [6, 6.07) is 8.53. The molecule has 0 radical (unpaired) electrons. The van der Waals surface area contributed by atoms with Crippen LogP contribution in [0, 0.1) is 5.92 Å². The van der Waals surface area contributed by atoms with E-state index in [1.165, 1.54) is 26.9 Å². The van der Waals surface area contributed by atoms with Crippen LogP contribution in [0.2, 0.25) is 0 Å². The molecule has 7 heteroatoms. The zero-order chi connectivity index (χ0) is 19.9. The van der Waals surface area contributed by atoms with Gasteiger partial charge in [-0.05, 0) is 49.4 Å². The molecule has 3 rings (SSSR count). The minimum absolute atomic E-state index is 0.0693. The summed E-state index contributed by atoms with van der Waals surface area (Å²) in [4.78, 5) is 27.7. The van der Waals surface area contributed by atoms with E-state index in [2.05, 4.69) is 10.3 Å². The highest BCUT2D eigenvalue weighted by Gasteiger charge is 2.22. The van der Waals surface area contributed by atoms with E-state index in [9.17, 15) is 9.59 Å². The fourth-order valence-corrected chi connectivity index (χ4v) is 2.49. The van der Waals surface area contributed by atoms with Gasteiger partial charge < -0.3 is 19.5 Å². The Kier molecular flexibility index (Phi) is 6.47. The Morgan fingerprint density at radius 3 is 2.61 bits per heavy atom. The van der Waals surface area contributed by atoms with Gasteiger partial charge in [0.2, 0.25) is 5.88 Å². The molecule has 148 valence electrons. The number of pyridine rings is 1. The van der Waals surface area contributed by atoms with Crippen molar-refractivity contribution >= 4 is 11.7 Å². The molecule has 1 saturated carbocycles. The van der Waals surface area contributed by atoms with Gasteiger partial charge in [0.25, 0.3) is 5.91 Å². The number of amides is 1. The van der Waals surface area contributed by atoms with Crippen molar-refractivity contribution in [3.63, 3.8) is 0 Å². The highest BCUT2D eigenvalue weighted by molar-refractivity contribution is 5.94. The van der Waals surface area contributed by atoms with Crippen molar-refractivity contribution in [3.05, 3.63) is 47.7 Å². The molecule has 2 aromatic rings. The second-order valence-corrected chi connectivity index (χ2v) is 6.75. The monoisotopic (exact) mass is 384 g/mol. The van der Waals surface area contributed by atoms with Gasteiger partial charge in [0.05, 0.1) is 13.7 Å². The second kappa shape index (κ2) is 9.21. The van der Waals surface area contributed by atoms with E-state index < -0.39 is 0 Å². The molecule has 0 aliphatic heterocycles. The molecule has 1 aliphatic carbocycles. The Morgan fingerprint density at radius 1 is 1.14 bits per heavy atom. The van der Waals surface area contributed by atoms with Crippen LogP contribution < -0.4 is 19.5 Å². The minimum atomic E-state index is -0.272. The van der Waals surface area contributed by atoms with Crippen LogP contribution in [0.5, 0.6) is 17.4 Å². The normalized spacial score (nSPS) is 12.9. The SMILES string of the molecule is COc1cc(C(C)=O)ccc1OCC(=O)NCc1ccc(OCC2CC2)nc1. The smallest absolute Gasteiger partial charge is 0.258 e. The largest absolute Gasteiger partial charge is 0.493 e. The first-order valence-corrected chi connectivity index (χ1v) is 9.21. The number of carbonyl (C=O) groups is 2. The van der Waals surface area contributed by atoms with Gasteiger partial charge >= 0.3 is 0 Å². The molecule has 1 aromatic carbocycles. The average molecular weight is 384 g/mol. The highest BCUT2D eigenvalue weighted by atomic mass is 16.5. The zero-order valence-electron chi connectivity index (χ0n) is 16.1. The van der Waals surface area contributed by atoms with Crippen molar-refractivity contribution < 1.29 is 23.8 Å². The standard InChI is InChI=1S/C21H24N2O5/c1-14(24)17-6-7-18(19(9-17)26-2)27-13-20(25)22-10-16-5-8-21(23-11-16)28-12-15-3-4-15/h5-9,11,15H,3-4,10,12-13H2,1-2H3,(H,22,25). The molecule has 0 bridgehead atoms. The number of methoxy groups -OCH3 is 1. The van der Waals surface area contributed by atoms with Crippen molar-refractivity contribution in [1.82, 2.24) is 10.3 Å². The number of Topliss-reactive ketones (excluding diaryl/α,β-unsaturated/α-hetero) is 1. The Morgan fingerprint density at radius 2 is 1.96 bits per heavy atom. The fraction of sp³-hybridized carbons (Fsp3) is 0.381.